The first-order valence-corrected chi connectivity index (χ1v) is 18.1. The molecule has 11 nitrogen and oxygen atoms in total. The van der Waals surface area contributed by atoms with Gasteiger partial charge in [0.1, 0.15) is 35.8 Å². The highest BCUT2D eigenvalue weighted by molar-refractivity contribution is 6.30. The summed E-state index contributed by atoms with van der Waals surface area (Å²) in [5, 5.41) is 5.60. The smallest absolute Gasteiger partial charge is 0.450 e. The van der Waals surface area contributed by atoms with Crippen LogP contribution < -0.4 is 20.1 Å². The van der Waals surface area contributed by atoms with E-state index < -0.39 is 71.5 Å². The van der Waals surface area contributed by atoms with E-state index in [2.05, 4.69) is 10.6 Å². The van der Waals surface area contributed by atoms with Crippen LogP contribution in [-0.2, 0) is 35.1 Å². The van der Waals surface area contributed by atoms with Crippen molar-refractivity contribution in [3.8, 4) is 11.5 Å². The zero-order chi connectivity index (χ0) is 41.8. The third kappa shape index (κ3) is 14.4. The standard InChI is InChI=1S/C41H46ClF3N2O9/c1-24(2)32(37(51)41(43,44)45)22-34(49)36(26-13-16-30(54-6)17-14-26)47-39(53)33(20-25-9-7-11-28(42)19-25)46-38(52)27-10-8-12-31(21-27)55-23-29(48)15-18-35(50)56-40(3,4)5/h7-14,16-17,19,21,24,32-33,36H,15,18,20,22-23H2,1-6H3,(H,46,52)(H,47,53)/t32-,33-,36-/m0/s1. The lowest BCUT2D eigenvalue weighted by Gasteiger charge is -2.26. The third-order valence-corrected chi connectivity index (χ3v) is 8.61. The van der Waals surface area contributed by atoms with E-state index in [-0.39, 0.29) is 48.5 Å². The van der Waals surface area contributed by atoms with Crippen LogP contribution in [0.5, 0.6) is 11.5 Å². The Bertz CT molecular complexity index is 1870. The molecule has 56 heavy (non-hydrogen) atoms. The first-order chi connectivity index (χ1) is 26.2. The molecule has 2 N–H and O–H groups in total. The summed E-state index contributed by atoms with van der Waals surface area (Å²) in [5.74, 6) is -7.44. The van der Waals surface area contributed by atoms with E-state index in [1.165, 1.54) is 69.5 Å². The predicted molar refractivity (Wildman–Crippen MR) is 201 cm³/mol. The number of nitrogens with one attached hydrogen (secondary N) is 2. The lowest BCUT2D eigenvalue weighted by molar-refractivity contribution is -0.177. The van der Waals surface area contributed by atoms with E-state index >= 15 is 0 Å². The number of esters is 1. The normalized spacial score (nSPS) is 13.2. The van der Waals surface area contributed by atoms with Crippen molar-refractivity contribution in [1.82, 2.24) is 10.6 Å². The molecule has 0 saturated heterocycles. The molecule has 0 aromatic heterocycles. The molecular weight excluding hydrogens is 757 g/mol. The molecule has 0 fully saturated rings. The van der Waals surface area contributed by atoms with Gasteiger partial charge < -0.3 is 24.8 Å². The van der Waals surface area contributed by atoms with Crippen LogP contribution in [0.3, 0.4) is 0 Å². The summed E-state index contributed by atoms with van der Waals surface area (Å²) in [6.45, 7) is 7.53. The zero-order valence-electron chi connectivity index (χ0n) is 32.0. The molecule has 0 aliphatic heterocycles. The maximum atomic E-state index is 14.1. The summed E-state index contributed by atoms with van der Waals surface area (Å²) in [7, 11) is 1.41. The van der Waals surface area contributed by atoms with E-state index in [1.807, 2.05) is 0 Å². The minimum absolute atomic E-state index is 0.0424. The van der Waals surface area contributed by atoms with Gasteiger partial charge in [0, 0.05) is 35.8 Å². The van der Waals surface area contributed by atoms with E-state index in [0.29, 0.717) is 16.3 Å². The number of carbonyl (C=O) groups excluding carboxylic acids is 6. The minimum Gasteiger partial charge on any atom is -0.497 e. The van der Waals surface area contributed by atoms with Gasteiger partial charge in [0.15, 0.2) is 11.6 Å². The van der Waals surface area contributed by atoms with E-state index in [0.717, 1.165) is 0 Å². The molecule has 0 spiro atoms. The van der Waals surface area contributed by atoms with Crippen molar-refractivity contribution >= 4 is 46.7 Å². The fourth-order valence-corrected chi connectivity index (χ4v) is 5.73. The third-order valence-electron chi connectivity index (χ3n) is 8.37. The average Bonchev–Trinajstić information content (AvgIpc) is 3.12. The quantitative estimate of drug-likeness (QED) is 0.122. The van der Waals surface area contributed by atoms with Crippen molar-refractivity contribution in [2.75, 3.05) is 13.7 Å². The number of alkyl halides is 3. The molecule has 302 valence electrons. The number of ether oxygens (including phenoxy) is 3. The number of halogens is 4. The average molecular weight is 803 g/mol. The Hall–Kier alpha value is -5.24. The number of methoxy groups -OCH3 is 1. The first kappa shape index (κ1) is 45.2. The summed E-state index contributed by atoms with van der Waals surface area (Å²) in [6.07, 6.45) is -6.38. The fraction of sp³-hybridized carbons (Fsp3) is 0.415. The molecule has 3 atom stereocenters. The molecule has 0 radical (unpaired) electrons. The second kappa shape index (κ2) is 20.1. The van der Waals surface area contributed by atoms with E-state index in [4.69, 9.17) is 25.8 Å². The number of ketones is 3. The molecule has 0 aliphatic carbocycles. The second-order valence-corrected chi connectivity index (χ2v) is 14.8. The van der Waals surface area contributed by atoms with Gasteiger partial charge in [0.25, 0.3) is 5.91 Å². The highest BCUT2D eigenvalue weighted by Crippen LogP contribution is 2.30. The van der Waals surface area contributed by atoms with Crippen LogP contribution in [0.4, 0.5) is 13.2 Å². The van der Waals surface area contributed by atoms with Crippen LogP contribution in [0.2, 0.25) is 5.02 Å². The van der Waals surface area contributed by atoms with Gasteiger partial charge in [-0.3, -0.25) is 28.8 Å². The van der Waals surface area contributed by atoms with Gasteiger partial charge in [-0.2, -0.15) is 13.2 Å². The van der Waals surface area contributed by atoms with Crippen molar-refractivity contribution in [2.45, 2.75) is 84.2 Å². The minimum atomic E-state index is -5.18. The molecule has 0 aliphatic rings. The Labute approximate surface area is 328 Å². The lowest BCUT2D eigenvalue weighted by Crippen LogP contribution is -2.50. The highest BCUT2D eigenvalue weighted by atomic mass is 35.5. The Morgan fingerprint density at radius 3 is 2.07 bits per heavy atom. The van der Waals surface area contributed by atoms with E-state index in [9.17, 15) is 41.9 Å². The molecule has 0 unspecified atom stereocenters. The highest BCUT2D eigenvalue weighted by Gasteiger charge is 2.45. The van der Waals surface area contributed by atoms with Crippen molar-refractivity contribution in [3.63, 3.8) is 0 Å². The predicted octanol–water partition coefficient (Wildman–Crippen LogP) is 6.98. The Kier molecular flexibility index (Phi) is 16.2. The van der Waals surface area contributed by atoms with Gasteiger partial charge in [-0.1, -0.05) is 55.8 Å². The number of hydrogen-bond acceptors (Lipinski definition) is 9. The number of Topliss-reactive ketones (excluding diaryl/α,β-unsaturated/α-hetero) is 3. The summed E-state index contributed by atoms with van der Waals surface area (Å²) in [6, 6.07) is 15.3. The zero-order valence-corrected chi connectivity index (χ0v) is 32.7. The van der Waals surface area contributed by atoms with Crippen LogP contribution in [0.15, 0.2) is 72.8 Å². The van der Waals surface area contributed by atoms with Crippen molar-refractivity contribution in [2.24, 2.45) is 11.8 Å². The lowest BCUT2D eigenvalue weighted by atomic mass is 9.84. The van der Waals surface area contributed by atoms with Crippen LogP contribution in [0.1, 0.15) is 81.4 Å². The number of benzene rings is 3. The molecule has 15 heteroatoms. The Morgan fingerprint density at radius 1 is 0.821 bits per heavy atom. The van der Waals surface area contributed by atoms with Gasteiger partial charge in [0.05, 0.1) is 13.5 Å². The first-order valence-electron chi connectivity index (χ1n) is 17.8. The maximum Gasteiger partial charge on any atom is 0.450 e. The van der Waals surface area contributed by atoms with E-state index in [1.54, 1.807) is 45.0 Å². The summed E-state index contributed by atoms with van der Waals surface area (Å²) in [4.78, 5) is 78.2. The number of rotatable bonds is 19. The van der Waals surface area contributed by atoms with Crippen LogP contribution >= 0.6 is 11.6 Å². The monoisotopic (exact) mass is 802 g/mol. The SMILES string of the molecule is COc1ccc([C@H](NC(=O)[C@H](Cc2cccc(Cl)c2)NC(=O)c2cccc(OCC(=O)CCC(=O)OC(C)(C)C)c2)C(=O)C[C@H](C(=O)C(F)(F)F)C(C)C)cc1. The molecule has 0 saturated carbocycles. The topological polar surface area (TPSA) is 154 Å². The molecule has 3 aromatic carbocycles. The van der Waals surface area contributed by atoms with Gasteiger partial charge in [0.2, 0.25) is 11.7 Å². The van der Waals surface area contributed by atoms with Crippen LogP contribution in [-0.4, -0.2) is 66.7 Å². The molecule has 2 amide bonds. The fourth-order valence-electron chi connectivity index (χ4n) is 5.51. The molecule has 0 bridgehead atoms. The molecule has 3 aromatic rings. The Balaban J connectivity index is 1.86. The molecular formula is C41H46ClF3N2O9. The van der Waals surface area contributed by atoms with Gasteiger partial charge in [-0.05, 0) is 80.3 Å². The summed E-state index contributed by atoms with van der Waals surface area (Å²) in [5.41, 5.74) is 0.0765. The van der Waals surface area contributed by atoms with Crippen molar-refractivity contribution < 1.29 is 56.1 Å². The van der Waals surface area contributed by atoms with Crippen molar-refractivity contribution in [1.29, 1.82) is 0 Å². The van der Waals surface area contributed by atoms with Gasteiger partial charge >= 0.3 is 12.1 Å². The van der Waals surface area contributed by atoms with Crippen LogP contribution in [0.25, 0.3) is 0 Å². The van der Waals surface area contributed by atoms with Gasteiger partial charge in [-0.25, -0.2) is 0 Å². The largest absolute Gasteiger partial charge is 0.497 e. The number of amides is 2. The molecule has 3 rings (SSSR count). The second-order valence-electron chi connectivity index (χ2n) is 14.4. The van der Waals surface area contributed by atoms with Gasteiger partial charge in [-0.15, -0.1) is 0 Å². The Morgan fingerprint density at radius 2 is 1.48 bits per heavy atom. The molecule has 0 heterocycles. The maximum absolute atomic E-state index is 14.1. The number of hydrogen-bond donors (Lipinski definition) is 2. The summed E-state index contributed by atoms with van der Waals surface area (Å²) >= 11 is 6.19. The number of carbonyl (C=O) groups is 6. The van der Waals surface area contributed by atoms with Crippen LogP contribution in [0, 0.1) is 11.8 Å². The summed E-state index contributed by atoms with van der Waals surface area (Å²) < 4.78 is 56.5. The van der Waals surface area contributed by atoms with Crippen molar-refractivity contribution in [3.05, 3.63) is 94.5 Å².